The zero-order valence-electron chi connectivity index (χ0n) is 8.53. The number of aliphatic carboxylic acids is 1. The Hall–Kier alpha value is -1.10. The number of carbonyl (C=O) groups is 2. The quantitative estimate of drug-likeness (QED) is 0.605. The van der Waals surface area contributed by atoms with Gasteiger partial charge in [-0.05, 0) is 18.8 Å². The zero-order chi connectivity index (χ0) is 10.8. The molecule has 5 nitrogen and oxygen atoms in total. The number of hydrogen-bond acceptors (Lipinski definition) is 3. The van der Waals surface area contributed by atoms with Gasteiger partial charge in [0.2, 0.25) is 5.91 Å². The minimum Gasteiger partial charge on any atom is -0.480 e. The Morgan fingerprint density at radius 2 is 2.00 bits per heavy atom. The van der Waals surface area contributed by atoms with Crippen LogP contribution in [-0.4, -0.2) is 29.2 Å². The summed E-state index contributed by atoms with van der Waals surface area (Å²) in [5.74, 6) is -0.693. The molecule has 0 spiro atoms. The van der Waals surface area contributed by atoms with Gasteiger partial charge in [-0.2, -0.15) is 0 Å². The number of carboxylic acid groups (broad SMARTS) is 1. The molecule has 1 aliphatic carbocycles. The minimum absolute atomic E-state index is 0.0402. The van der Waals surface area contributed by atoms with Crippen molar-refractivity contribution in [3.8, 4) is 0 Å². The van der Waals surface area contributed by atoms with Crippen LogP contribution in [0.5, 0.6) is 0 Å². The van der Waals surface area contributed by atoms with Crippen molar-refractivity contribution >= 4 is 11.9 Å². The molecule has 0 aromatic carbocycles. The molecule has 2 fully saturated rings. The van der Waals surface area contributed by atoms with Gasteiger partial charge in [0.1, 0.15) is 6.04 Å². The second kappa shape index (κ2) is 4.18. The Balaban J connectivity index is 1.99. The Morgan fingerprint density at radius 3 is 2.60 bits per heavy atom. The van der Waals surface area contributed by atoms with Crippen LogP contribution >= 0.6 is 0 Å². The average molecular weight is 212 g/mol. The molecule has 1 saturated heterocycles. The largest absolute Gasteiger partial charge is 0.480 e. The lowest BCUT2D eigenvalue weighted by molar-refractivity contribution is -0.144. The van der Waals surface area contributed by atoms with Gasteiger partial charge >= 0.3 is 5.97 Å². The molecule has 84 valence electrons. The molecule has 0 aromatic rings. The first-order chi connectivity index (χ1) is 7.16. The minimum atomic E-state index is -0.937. The average Bonchev–Trinajstić information content (AvgIpc) is 2.69. The van der Waals surface area contributed by atoms with Crippen molar-refractivity contribution in [3.63, 3.8) is 0 Å². The van der Waals surface area contributed by atoms with E-state index < -0.39 is 12.0 Å². The third-order valence-corrected chi connectivity index (χ3v) is 3.26. The topological polar surface area (TPSA) is 78.4 Å². The van der Waals surface area contributed by atoms with Crippen LogP contribution in [0.3, 0.4) is 0 Å². The lowest BCUT2D eigenvalue weighted by atomic mass is 10.00. The summed E-state index contributed by atoms with van der Waals surface area (Å²) in [6.45, 7) is 0. The van der Waals surface area contributed by atoms with Gasteiger partial charge in [-0.15, -0.1) is 0 Å². The monoisotopic (exact) mass is 212 g/mol. The van der Waals surface area contributed by atoms with E-state index in [4.69, 9.17) is 5.11 Å². The van der Waals surface area contributed by atoms with Gasteiger partial charge in [0, 0.05) is 0 Å². The highest BCUT2D eigenvalue weighted by Gasteiger charge is 2.35. The normalized spacial score (nSPS) is 32.7. The predicted octanol–water partition coefficient (Wildman–Crippen LogP) is 0.0654. The zero-order valence-corrected chi connectivity index (χ0v) is 8.53. The fourth-order valence-electron chi connectivity index (χ4n) is 2.44. The van der Waals surface area contributed by atoms with E-state index in [1.807, 2.05) is 0 Å². The molecule has 0 radical (unpaired) electrons. The Morgan fingerprint density at radius 1 is 1.33 bits per heavy atom. The second-order valence-corrected chi connectivity index (χ2v) is 4.35. The molecule has 2 unspecified atom stereocenters. The van der Waals surface area contributed by atoms with Crippen molar-refractivity contribution in [2.45, 2.75) is 44.3 Å². The van der Waals surface area contributed by atoms with Crippen LogP contribution in [0.25, 0.3) is 0 Å². The number of carboxylic acids is 1. The van der Waals surface area contributed by atoms with Gasteiger partial charge in [0.25, 0.3) is 0 Å². The van der Waals surface area contributed by atoms with E-state index in [9.17, 15) is 9.59 Å². The van der Waals surface area contributed by atoms with Gasteiger partial charge in [-0.25, -0.2) is 0 Å². The van der Waals surface area contributed by atoms with Crippen molar-refractivity contribution in [3.05, 3.63) is 0 Å². The van der Waals surface area contributed by atoms with Gasteiger partial charge in [0.15, 0.2) is 0 Å². The van der Waals surface area contributed by atoms with Crippen molar-refractivity contribution < 1.29 is 14.7 Å². The van der Waals surface area contributed by atoms with Crippen LogP contribution in [0, 0.1) is 5.92 Å². The summed E-state index contributed by atoms with van der Waals surface area (Å²) < 4.78 is 0. The van der Waals surface area contributed by atoms with Gasteiger partial charge < -0.3 is 10.4 Å². The number of rotatable bonds is 2. The Labute approximate surface area is 88.2 Å². The van der Waals surface area contributed by atoms with Crippen molar-refractivity contribution in [1.29, 1.82) is 0 Å². The van der Waals surface area contributed by atoms with Crippen LogP contribution in [0.15, 0.2) is 0 Å². The van der Waals surface area contributed by atoms with Crippen molar-refractivity contribution in [2.24, 2.45) is 5.92 Å². The highest BCUT2D eigenvalue weighted by Crippen LogP contribution is 2.28. The molecular formula is C10H16N2O3. The molecule has 2 rings (SSSR count). The van der Waals surface area contributed by atoms with E-state index in [2.05, 4.69) is 10.6 Å². The highest BCUT2D eigenvalue weighted by molar-refractivity contribution is 5.85. The van der Waals surface area contributed by atoms with Crippen LogP contribution in [0.2, 0.25) is 0 Å². The number of hydrogen-bond donors (Lipinski definition) is 3. The molecule has 3 N–H and O–H groups in total. The molecule has 1 aliphatic heterocycles. The van der Waals surface area contributed by atoms with Crippen LogP contribution in [-0.2, 0) is 9.59 Å². The van der Waals surface area contributed by atoms with E-state index in [0.29, 0.717) is 5.92 Å². The SMILES string of the molecule is O=C1CC(C(=O)O)NC(C2CCCC2)N1. The summed E-state index contributed by atoms with van der Waals surface area (Å²) in [7, 11) is 0. The molecule has 1 amide bonds. The maximum absolute atomic E-state index is 11.3. The molecular weight excluding hydrogens is 196 g/mol. The highest BCUT2D eigenvalue weighted by atomic mass is 16.4. The molecule has 0 aromatic heterocycles. The summed E-state index contributed by atoms with van der Waals surface area (Å²) >= 11 is 0. The van der Waals surface area contributed by atoms with Crippen molar-refractivity contribution in [1.82, 2.24) is 10.6 Å². The lowest BCUT2D eigenvalue weighted by Gasteiger charge is -2.33. The first kappa shape index (κ1) is 10.4. The fraction of sp³-hybridized carbons (Fsp3) is 0.800. The summed E-state index contributed by atoms with van der Waals surface area (Å²) in [4.78, 5) is 22.1. The number of amides is 1. The molecule has 2 atom stereocenters. The molecule has 2 aliphatic rings. The van der Waals surface area contributed by atoms with E-state index >= 15 is 0 Å². The third kappa shape index (κ3) is 2.28. The first-order valence-corrected chi connectivity index (χ1v) is 5.45. The Bertz CT molecular complexity index is 274. The molecule has 1 saturated carbocycles. The van der Waals surface area contributed by atoms with E-state index in [0.717, 1.165) is 12.8 Å². The summed E-state index contributed by atoms with van der Waals surface area (Å²) in [5, 5.41) is 14.7. The van der Waals surface area contributed by atoms with Crippen LogP contribution < -0.4 is 10.6 Å². The fourth-order valence-corrected chi connectivity index (χ4v) is 2.44. The first-order valence-electron chi connectivity index (χ1n) is 5.45. The number of carbonyl (C=O) groups excluding carboxylic acids is 1. The van der Waals surface area contributed by atoms with E-state index in [-0.39, 0.29) is 18.5 Å². The maximum Gasteiger partial charge on any atom is 0.321 e. The van der Waals surface area contributed by atoms with Gasteiger partial charge in [-0.1, -0.05) is 12.8 Å². The standard InChI is InChI=1S/C10H16N2O3/c13-8-5-7(10(14)15)11-9(12-8)6-3-1-2-4-6/h6-7,9,11H,1-5H2,(H,12,13)(H,14,15). The molecule has 0 bridgehead atoms. The smallest absolute Gasteiger partial charge is 0.321 e. The molecule has 1 heterocycles. The van der Waals surface area contributed by atoms with Crippen molar-refractivity contribution in [2.75, 3.05) is 0 Å². The van der Waals surface area contributed by atoms with Gasteiger partial charge in [0.05, 0.1) is 12.6 Å². The second-order valence-electron chi connectivity index (χ2n) is 4.35. The maximum atomic E-state index is 11.3. The summed E-state index contributed by atoms with van der Waals surface area (Å²) in [5.41, 5.74) is 0. The summed E-state index contributed by atoms with van der Waals surface area (Å²) in [6, 6.07) is -0.718. The molecule has 5 heteroatoms. The Kier molecular flexibility index (Phi) is 2.90. The van der Waals surface area contributed by atoms with E-state index in [1.54, 1.807) is 0 Å². The van der Waals surface area contributed by atoms with Crippen LogP contribution in [0.1, 0.15) is 32.1 Å². The van der Waals surface area contributed by atoms with Crippen LogP contribution in [0.4, 0.5) is 0 Å². The lowest BCUT2D eigenvalue weighted by Crippen LogP contribution is -2.61. The number of nitrogens with one attached hydrogen (secondary N) is 2. The third-order valence-electron chi connectivity index (χ3n) is 3.26. The predicted molar refractivity (Wildman–Crippen MR) is 53.1 cm³/mol. The van der Waals surface area contributed by atoms with E-state index in [1.165, 1.54) is 12.8 Å². The van der Waals surface area contributed by atoms with Gasteiger partial charge in [-0.3, -0.25) is 14.9 Å². The summed E-state index contributed by atoms with van der Waals surface area (Å²) in [6.07, 6.45) is 4.40. The molecule has 15 heavy (non-hydrogen) atoms.